The summed E-state index contributed by atoms with van der Waals surface area (Å²) in [6.07, 6.45) is 4.84. The molecule has 1 unspecified atom stereocenters. The predicted molar refractivity (Wildman–Crippen MR) is 76.1 cm³/mol. The monoisotopic (exact) mass is 258 g/mol. The Morgan fingerprint density at radius 3 is 2.47 bits per heavy atom. The molecule has 0 saturated carbocycles. The van der Waals surface area contributed by atoms with Crippen LogP contribution in [0, 0.1) is 17.7 Å². The minimum atomic E-state index is -0.257. The lowest BCUT2D eigenvalue weighted by atomic mass is 9.80. The van der Waals surface area contributed by atoms with E-state index in [4.69, 9.17) is 0 Å². The van der Waals surface area contributed by atoms with Gasteiger partial charge in [-0.3, -0.25) is 4.79 Å². The molecular weight excluding hydrogens is 239 g/mol. The average molecular weight is 258 g/mol. The van der Waals surface area contributed by atoms with Gasteiger partial charge in [-0.1, -0.05) is 39.0 Å². The lowest BCUT2D eigenvalue weighted by Crippen LogP contribution is -2.20. The van der Waals surface area contributed by atoms with Crippen LogP contribution in [0.25, 0.3) is 6.08 Å². The van der Waals surface area contributed by atoms with Crippen LogP contribution < -0.4 is 0 Å². The Morgan fingerprint density at radius 2 is 1.89 bits per heavy atom. The molecule has 1 atom stereocenters. The Labute approximate surface area is 113 Å². The summed E-state index contributed by atoms with van der Waals surface area (Å²) >= 11 is 0. The first kappa shape index (κ1) is 13.7. The molecule has 0 aromatic heterocycles. The molecule has 1 nitrogen and oxygen atoms in total. The number of benzene rings is 1. The van der Waals surface area contributed by atoms with Crippen LogP contribution in [0.2, 0.25) is 0 Å². The molecule has 1 aromatic carbocycles. The molecule has 2 heteroatoms. The van der Waals surface area contributed by atoms with Crippen LogP contribution in [0.5, 0.6) is 0 Å². The first-order valence-electron chi connectivity index (χ1n) is 6.71. The fourth-order valence-corrected chi connectivity index (χ4v) is 2.36. The van der Waals surface area contributed by atoms with Crippen LogP contribution in [0.1, 0.15) is 32.8 Å². The van der Waals surface area contributed by atoms with Gasteiger partial charge in [0.1, 0.15) is 5.82 Å². The number of carbonyl (C=O) groups excluding carboxylic acids is 1. The number of rotatable bonds is 2. The molecule has 0 aliphatic heterocycles. The van der Waals surface area contributed by atoms with Crippen molar-refractivity contribution in [3.05, 3.63) is 52.9 Å². The zero-order valence-corrected chi connectivity index (χ0v) is 11.6. The summed E-state index contributed by atoms with van der Waals surface area (Å²) in [6, 6.07) is 6.25. The second kappa shape index (κ2) is 5.52. The zero-order chi connectivity index (χ0) is 14.0. The topological polar surface area (TPSA) is 17.1 Å². The quantitative estimate of drug-likeness (QED) is 0.718. The van der Waals surface area contributed by atoms with Crippen molar-refractivity contribution in [2.24, 2.45) is 11.8 Å². The number of ketones is 1. The van der Waals surface area contributed by atoms with Gasteiger partial charge in [0.15, 0.2) is 5.78 Å². The zero-order valence-electron chi connectivity index (χ0n) is 11.6. The van der Waals surface area contributed by atoms with Crippen molar-refractivity contribution < 1.29 is 9.18 Å². The molecule has 0 radical (unpaired) electrons. The standard InChI is InChI=1S/C17H19FO/c1-11(2)15-9-4-12(3)16(17(15)19)10-13-5-7-14(18)8-6-13/h5-12H,4H2,1-3H3/b16-10-. The Morgan fingerprint density at radius 1 is 1.26 bits per heavy atom. The highest BCUT2D eigenvalue weighted by molar-refractivity contribution is 6.12. The number of hydrogen-bond donors (Lipinski definition) is 0. The van der Waals surface area contributed by atoms with Crippen LogP contribution in [-0.4, -0.2) is 5.78 Å². The number of Topliss-reactive ketones (excluding diaryl/α,β-unsaturated/α-hetero) is 1. The minimum Gasteiger partial charge on any atom is -0.289 e. The molecule has 0 bridgehead atoms. The SMILES string of the molecule is CC(C)C1=CCC(C)/C(=C/c2ccc(F)cc2)C1=O. The maximum atomic E-state index is 12.9. The van der Waals surface area contributed by atoms with Gasteiger partial charge in [0.2, 0.25) is 0 Å². The number of halogens is 1. The molecule has 0 heterocycles. The number of allylic oxidation sites excluding steroid dienone is 3. The van der Waals surface area contributed by atoms with Gasteiger partial charge in [-0.15, -0.1) is 0 Å². The number of carbonyl (C=O) groups is 1. The van der Waals surface area contributed by atoms with Gasteiger partial charge in [0, 0.05) is 5.57 Å². The lowest BCUT2D eigenvalue weighted by molar-refractivity contribution is -0.113. The van der Waals surface area contributed by atoms with Crippen molar-refractivity contribution in [3.63, 3.8) is 0 Å². The van der Waals surface area contributed by atoms with E-state index in [0.29, 0.717) is 0 Å². The third-order valence-corrected chi connectivity index (χ3v) is 3.56. The van der Waals surface area contributed by atoms with Gasteiger partial charge in [0.25, 0.3) is 0 Å². The van der Waals surface area contributed by atoms with Crippen LogP contribution >= 0.6 is 0 Å². The molecule has 2 rings (SSSR count). The molecule has 19 heavy (non-hydrogen) atoms. The van der Waals surface area contributed by atoms with Gasteiger partial charge in [-0.25, -0.2) is 4.39 Å². The second-order valence-corrected chi connectivity index (χ2v) is 5.43. The summed E-state index contributed by atoms with van der Waals surface area (Å²) < 4.78 is 12.9. The van der Waals surface area contributed by atoms with E-state index >= 15 is 0 Å². The van der Waals surface area contributed by atoms with Crippen molar-refractivity contribution in [1.82, 2.24) is 0 Å². The van der Waals surface area contributed by atoms with E-state index in [1.807, 2.05) is 19.9 Å². The van der Waals surface area contributed by atoms with Crippen molar-refractivity contribution in [1.29, 1.82) is 0 Å². The Balaban J connectivity index is 2.35. The van der Waals surface area contributed by atoms with E-state index in [9.17, 15) is 9.18 Å². The first-order chi connectivity index (χ1) is 8.99. The van der Waals surface area contributed by atoms with Crippen LogP contribution in [-0.2, 0) is 4.79 Å². The highest BCUT2D eigenvalue weighted by Gasteiger charge is 2.26. The fourth-order valence-electron chi connectivity index (χ4n) is 2.36. The van der Waals surface area contributed by atoms with E-state index in [1.165, 1.54) is 12.1 Å². The maximum absolute atomic E-state index is 12.9. The highest BCUT2D eigenvalue weighted by atomic mass is 19.1. The molecule has 1 aliphatic rings. The van der Waals surface area contributed by atoms with E-state index in [1.54, 1.807) is 12.1 Å². The van der Waals surface area contributed by atoms with Crippen molar-refractivity contribution >= 4 is 11.9 Å². The molecule has 100 valence electrons. The summed E-state index contributed by atoms with van der Waals surface area (Å²) in [6.45, 7) is 6.13. The third kappa shape index (κ3) is 3.01. The Kier molecular flexibility index (Phi) is 3.98. The van der Waals surface area contributed by atoms with Crippen molar-refractivity contribution in [2.45, 2.75) is 27.2 Å². The largest absolute Gasteiger partial charge is 0.289 e. The van der Waals surface area contributed by atoms with E-state index < -0.39 is 0 Å². The van der Waals surface area contributed by atoms with Gasteiger partial charge >= 0.3 is 0 Å². The normalized spacial score (nSPS) is 21.9. The van der Waals surface area contributed by atoms with Gasteiger partial charge in [0.05, 0.1) is 0 Å². The van der Waals surface area contributed by atoms with Crippen LogP contribution in [0.3, 0.4) is 0 Å². The third-order valence-electron chi connectivity index (χ3n) is 3.56. The molecular formula is C17H19FO. The molecule has 0 N–H and O–H groups in total. The summed E-state index contributed by atoms with van der Waals surface area (Å²) in [5.41, 5.74) is 2.60. The summed E-state index contributed by atoms with van der Waals surface area (Å²) in [5, 5.41) is 0. The molecule has 1 aliphatic carbocycles. The van der Waals surface area contributed by atoms with Crippen LogP contribution in [0.15, 0.2) is 41.5 Å². The molecule has 1 aromatic rings. The lowest BCUT2D eigenvalue weighted by Gasteiger charge is -2.23. The van der Waals surface area contributed by atoms with E-state index in [0.717, 1.165) is 23.1 Å². The summed E-state index contributed by atoms with van der Waals surface area (Å²) in [7, 11) is 0. The molecule has 0 saturated heterocycles. The predicted octanol–water partition coefficient (Wildman–Crippen LogP) is 4.40. The van der Waals surface area contributed by atoms with Crippen molar-refractivity contribution in [2.75, 3.05) is 0 Å². The van der Waals surface area contributed by atoms with E-state index in [2.05, 4.69) is 13.0 Å². The Hall–Kier alpha value is -1.70. The van der Waals surface area contributed by atoms with Crippen LogP contribution in [0.4, 0.5) is 4.39 Å². The molecule has 0 spiro atoms. The average Bonchev–Trinajstić information content (AvgIpc) is 2.36. The highest BCUT2D eigenvalue weighted by Crippen LogP contribution is 2.30. The first-order valence-corrected chi connectivity index (χ1v) is 6.71. The smallest absolute Gasteiger partial charge is 0.185 e. The molecule has 0 amide bonds. The van der Waals surface area contributed by atoms with E-state index in [-0.39, 0.29) is 23.4 Å². The van der Waals surface area contributed by atoms with Gasteiger partial charge in [-0.05, 0) is 47.6 Å². The van der Waals surface area contributed by atoms with Gasteiger partial charge in [-0.2, -0.15) is 0 Å². The maximum Gasteiger partial charge on any atom is 0.185 e. The molecule has 0 fully saturated rings. The second-order valence-electron chi connectivity index (χ2n) is 5.43. The summed E-state index contributed by atoms with van der Waals surface area (Å²) in [5.74, 6) is 0.350. The number of hydrogen-bond acceptors (Lipinski definition) is 1. The minimum absolute atomic E-state index is 0.137. The summed E-state index contributed by atoms with van der Waals surface area (Å²) in [4.78, 5) is 12.4. The fraction of sp³-hybridized carbons (Fsp3) is 0.353. The van der Waals surface area contributed by atoms with Crippen molar-refractivity contribution in [3.8, 4) is 0 Å². The van der Waals surface area contributed by atoms with Gasteiger partial charge < -0.3 is 0 Å². The Bertz CT molecular complexity index is 535.